The molecule has 1 heterocycles. The van der Waals surface area contributed by atoms with E-state index >= 15 is 0 Å². The van der Waals surface area contributed by atoms with Gasteiger partial charge in [-0.15, -0.1) is 6.58 Å². The third kappa shape index (κ3) is 1.59. The molecule has 0 radical (unpaired) electrons. The van der Waals surface area contributed by atoms with Crippen molar-refractivity contribution < 1.29 is 0 Å². The van der Waals surface area contributed by atoms with Crippen LogP contribution < -0.4 is 17.1 Å². The van der Waals surface area contributed by atoms with E-state index in [0.717, 1.165) is 4.57 Å². The van der Waals surface area contributed by atoms with Gasteiger partial charge in [-0.25, -0.2) is 19.0 Å². The number of hydrogen-bond donors (Lipinski definition) is 2. The Balaban J connectivity index is 3.68. The molecule has 0 atom stereocenters. The van der Waals surface area contributed by atoms with Gasteiger partial charge in [0, 0.05) is 0 Å². The molecule has 6 nitrogen and oxygen atoms in total. The molecule has 2 N–H and O–H groups in total. The van der Waals surface area contributed by atoms with Crippen LogP contribution in [0, 0.1) is 0 Å². The highest BCUT2D eigenvalue weighted by molar-refractivity contribution is 4.95. The van der Waals surface area contributed by atoms with Crippen molar-refractivity contribution in [1.82, 2.24) is 14.5 Å². The van der Waals surface area contributed by atoms with Crippen LogP contribution in [0.15, 0.2) is 27.0 Å². The highest BCUT2D eigenvalue weighted by Crippen LogP contribution is 2.09. The maximum Gasteiger partial charge on any atom is 0.334 e. The van der Waals surface area contributed by atoms with Gasteiger partial charge in [-0.3, -0.25) is 9.97 Å². The van der Waals surface area contributed by atoms with E-state index in [1.807, 2.05) is 9.97 Å². The van der Waals surface area contributed by atoms with Crippen molar-refractivity contribution in [2.24, 2.45) is 0 Å². The van der Waals surface area contributed by atoms with Gasteiger partial charge < -0.3 is 0 Å². The van der Waals surface area contributed by atoms with Gasteiger partial charge in [0.15, 0.2) is 0 Å². The molecule has 0 saturated carbocycles. The Morgan fingerprint density at radius 2 is 1.64 bits per heavy atom. The molecule has 0 aliphatic heterocycles. The van der Waals surface area contributed by atoms with E-state index in [0.29, 0.717) is 0 Å². The Bertz CT molecular complexity index is 483. The van der Waals surface area contributed by atoms with E-state index in [1.54, 1.807) is 13.8 Å². The van der Waals surface area contributed by atoms with Crippen LogP contribution in [0.5, 0.6) is 0 Å². The van der Waals surface area contributed by atoms with E-state index in [9.17, 15) is 14.4 Å². The fraction of sp³-hybridized carbons (Fsp3) is 0.375. The Hall–Kier alpha value is -1.85. The predicted molar refractivity (Wildman–Crippen MR) is 51.5 cm³/mol. The summed E-state index contributed by atoms with van der Waals surface area (Å²) in [5, 5.41) is 0. The summed E-state index contributed by atoms with van der Waals surface area (Å²) in [6.07, 6.45) is 1.45. The lowest BCUT2D eigenvalue weighted by molar-refractivity contribution is 0.406. The summed E-state index contributed by atoms with van der Waals surface area (Å²) >= 11 is 0. The number of H-pyrrole nitrogens is 2. The second-order valence-electron chi connectivity index (χ2n) is 3.38. The number of rotatable bonds is 2. The van der Waals surface area contributed by atoms with Crippen LogP contribution in [0.4, 0.5) is 0 Å². The molecule has 1 rings (SSSR count). The summed E-state index contributed by atoms with van der Waals surface area (Å²) in [7, 11) is 0. The Kier molecular flexibility index (Phi) is 2.29. The fourth-order valence-corrected chi connectivity index (χ4v) is 1.04. The molecule has 1 aromatic heterocycles. The minimum absolute atomic E-state index is 0.747. The summed E-state index contributed by atoms with van der Waals surface area (Å²) in [6, 6.07) is 0. The van der Waals surface area contributed by atoms with Crippen molar-refractivity contribution in [2.45, 2.75) is 19.4 Å². The predicted octanol–water partition coefficient (Wildman–Crippen LogP) is -0.854. The van der Waals surface area contributed by atoms with Crippen LogP contribution in [0.25, 0.3) is 0 Å². The zero-order valence-corrected chi connectivity index (χ0v) is 7.96. The second-order valence-corrected chi connectivity index (χ2v) is 3.38. The van der Waals surface area contributed by atoms with Crippen LogP contribution in [0.1, 0.15) is 13.8 Å². The van der Waals surface area contributed by atoms with Gasteiger partial charge in [0.1, 0.15) is 0 Å². The number of nitrogens with one attached hydrogen (secondary N) is 2. The van der Waals surface area contributed by atoms with E-state index < -0.39 is 22.6 Å². The Labute approximate surface area is 78.9 Å². The minimum atomic E-state index is -0.838. The van der Waals surface area contributed by atoms with E-state index in [2.05, 4.69) is 6.58 Å². The summed E-state index contributed by atoms with van der Waals surface area (Å²) in [6.45, 7) is 6.78. The third-order valence-corrected chi connectivity index (χ3v) is 1.92. The molecule has 0 amide bonds. The molecule has 0 saturated heterocycles. The van der Waals surface area contributed by atoms with Crippen LogP contribution in [-0.2, 0) is 5.54 Å². The van der Waals surface area contributed by atoms with Gasteiger partial charge in [-0.1, -0.05) is 6.08 Å². The van der Waals surface area contributed by atoms with Gasteiger partial charge in [0.25, 0.3) is 0 Å². The highest BCUT2D eigenvalue weighted by Gasteiger charge is 2.20. The first-order chi connectivity index (χ1) is 6.38. The molecule has 14 heavy (non-hydrogen) atoms. The first-order valence-electron chi connectivity index (χ1n) is 3.98. The number of allylic oxidation sites excluding steroid dienone is 1. The van der Waals surface area contributed by atoms with Crippen LogP contribution in [-0.4, -0.2) is 14.5 Å². The van der Waals surface area contributed by atoms with Gasteiger partial charge in [-0.05, 0) is 13.8 Å². The SMILES string of the molecule is C=CC(C)(C)n1c(=O)[nH]c(=O)[nH]c1=O. The van der Waals surface area contributed by atoms with Crippen LogP contribution >= 0.6 is 0 Å². The normalized spacial score (nSPS) is 11.3. The zero-order chi connectivity index (χ0) is 10.9. The molecule has 0 unspecified atom stereocenters. The molecule has 0 bridgehead atoms. The Morgan fingerprint density at radius 1 is 1.21 bits per heavy atom. The molecule has 0 spiro atoms. The summed E-state index contributed by atoms with van der Waals surface area (Å²) in [5.74, 6) is 0. The molecule has 0 aliphatic carbocycles. The lowest BCUT2D eigenvalue weighted by Crippen LogP contribution is -2.50. The lowest BCUT2D eigenvalue weighted by Gasteiger charge is -2.20. The Morgan fingerprint density at radius 3 is 2.00 bits per heavy atom. The number of hydrogen-bond acceptors (Lipinski definition) is 3. The van der Waals surface area contributed by atoms with E-state index in [-0.39, 0.29) is 0 Å². The topological polar surface area (TPSA) is 87.7 Å². The standard InChI is InChI=1S/C8H11N3O3/c1-4-8(2,3)11-6(13)9-5(12)10-7(11)14/h4H,1H2,2-3H3,(H2,9,10,12,13,14). The molecule has 0 aliphatic rings. The fourth-order valence-electron chi connectivity index (χ4n) is 1.04. The van der Waals surface area contributed by atoms with Gasteiger partial charge in [-0.2, -0.15) is 0 Å². The third-order valence-electron chi connectivity index (χ3n) is 1.92. The minimum Gasteiger partial charge on any atom is -0.259 e. The number of aromatic nitrogens is 3. The van der Waals surface area contributed by atoms with Crippen LogP contribution in [0.2, 0.25) is 0 Å². The first-order valence-corrected chi connectivity index (χ1v) is 3.98. The number of nitrogens with zero attached hydrogens (tertiary/aromatic N) is 1. The molecular formula is C8H11N3O3. The molecule has 1 aromatic rings. The van der Waals surface area contributed by atoms with Crippen molar-refractivity contribution in [3.63, 3.8) is 0 Å². The van der Waals surface area contributed by atoms with E-state index in [1.165, 1.54) is 6.08 Å². The highest BCUT2D eigenvalue weighted by atomic mass is 16.2. The van der Waals surface area contributed by atoms with E-state index in [4.69, 9.17) is 0 Å². The molecule has 76 valence electrons. The van der Waals surface area contributed by atoms with Gasteiger partial charge >= 0.3 is 17.1 Å². The first kappa shape index (κ1) is 10.2. The maximum atomic E-state index is 11.3. The molecule has 0 fully saturated rings. The number of aromatic amines is 2. The summed E-state index contributed by atoms with van der Waals surface area (Å²) in [4.78, 5) is 37.3. The average Bonchev–Trinajstić information content (AvgIpc) is 2.01. The van der Waals surface area contributed by atoms with Crippen molar-refractivity contribution in [3.8, 4) is 0 Å². The molecular weight excluding hydrogens is 186 g/mol. The van der Waals surface area contributed by atoms with Gasteiger partial charge in [0.2, 0.25) is 0 Å². The quantitative estimate of drug-likeness (QED) is 0.605. The van der Waals surface area contributed by atoms with Crippen molar-refractivity contribution in [2.75, 3.05) is 0 Å². The lowest BCUT2D eigenvalue weighted by atomic mass is 10.1. The smallest absolute Gasteiger partial charge is 0.259 e. The van der Waals surface area contributed by atoms with Crippen molar-refractivity contribution >= 4 is 0 Å². The van der Waals surface area contributed by atoms with Crippen molar-refractivity contribution in [3.05, 3.63) is 44.1 Å². The maximum absolute atomic E-state index is 11.3. The van der Waals surface area contributed by atoms with Gasteiger partial charge in [0.05, 0.1) is 5.54 Å². The monoisotopic (exact) mass is 197 g/mol. The zero-order valence-electron chi connectivity index (χ0n) is 7.96. The summed E-state index contributed by atoms with van der Waals surface area (Å²) in [5.41, 5.74) is -3.14. The molecule has 6 heteroatoms. The largest absolute Gasteiger partial charge is 0.334 e. The summed E-state index contributed by atoms with van der Waals surface area (Å²) < 4.78 is 0.890. The van der Waals surface area contributed by atoms with Crippen LogP contribution in [0.3, 0.4) is 0 Å². The second kappa shape index (κ2) is 3.13. The van der Waals surface area contributed by atoms with Crippen molar-refractivity contribution in [1.29, 1.82) is 0 Å². The average molecular weight is 197 g/mol. The molecule has 0 aromatic carbocycles.